The van der Waals surface area contributed by atoms with E-state index in [-0.39, 0.29) is 11.9 Å². The van der Waals surface area contributed by atoms with Crippen LogP contribution in [-0.2, 0) is 19.0 Å². The molecule has 1 aliphatic rings. The van der Waals surface area contributed by atoms with Crippen molar-refractivity contribution in [3.05, 3.63) is 30.3 Å². The Balaban J connectivity index is 1.60. The molecule has 0 N–H and O–H groups in total. The first kappa shape index (κ1) is 15.0. The van der Waals surface area contributed by atoms with Crippen molar-refractivity contribution < 1.29 is 23.7 Å². The van der Waals surface area contributed by atoms with Crippen LogP contribution in [0.2, 0.25) is 0 Å². The van der Waals surface area contributed by atoms with Crippen molar-refractivity contribution in [2.45, 2.75) is 18.6 Å². The topological polar surface area (TPSA) is 54.0 Å². The van der Waals surface area contributed by atoms with Gasteiger partial charge in [0.25, 0.3) is 0 Å². The van der Waals surface area contributed by atoms with Gasteiger partial charge in [0.05, 0.1) is 25.9 Å². The van der Waals surface area contributed by atoms with Crippen molar-refractivity contribution in [2.24, 2.45) is 0 Å². The molecule has 2 atom stereocenters. The minimum atomic E-state index is -0.443. The van der Waals surface area contributed by atoms with Gasteiger partial charge >= 0.3 is 0 Å². The number of carbonyl (C=O) groups excluding carboxylic acids is 1. The van der Waals surface area contributed by atoms with Gasteiger partial charge in [-0.05, 0) is 12.1 Å². The summed E-state index contributed by atoms with van der Waals surface area (Å²) in [5.74, 6) is 0.906. The van der Waals surface area contributed by atoms with Crippen LogP contribution in [0.3, 0.4) is 0 Å². The summed E-state index contributed by atoms with van der Waals surface area (Å²) in [5, 5.41) is 0. The number of methoxy groups -OCH3 is 1. The summed E-state index contributed by atoms with van der Waals surface area (Å²) in [7, 11) is 1.60. The molecule has 0 heterocycles. The molecule has 2 unspecified atom stereocenters. The van der Waals surface area contributed by atoms with Crippen molar-refractivity contribution in [1.29, 1.82) is 0 Å². The molecule has 20 heavy (non-hydrogen) atoms. The molecule has 0 spiro atoms. The Kier molecular flexibility index (Phi) is 5.98. The summed E-state index contributed by atoms with van der Waals surface area (Å²) >= 11 is 0. The third-order valence-electron chi connectivity index (χ3n) is 3.07. The van der Waals surface area contributed by atoms with E-state index in [0.717, 1.165) is 5.75 Å². The fourth-order valence-corrected chi connectivity index (χ4v) is 1.95. The third kappa shape index (κ3) is 4.30. The second kappa shape index (κ2) is 7.99. The summed E-state index contributed by atoms with van der Waals surface area (Å²) < 4.78 is 21.4. The van der Waals surface area contributed by atoms with Crippen molar-refractivity contribution in [3.63, 3.8) is 0 Å². The Bertz CT molecular complexity index is 406. The standard InChI is InChI=1S/C15H20O5/c1-17-7-8-20-15-13(16)11-14(15)19-10-9-18-12-5-3-2-4-6-12/h2-6,14-15H,7-11H2,1H3. The van der Waals surface area contributed by atoms with E-state index in [9.17, 15) is 4.79 Å². The first-order valence-corrected chi connectivity index (χ1v) is 6.74. The number of ketones is 1. The van der Waals surface area contributed by atoms with E-state index in [2.05, 4.69) is 0 Å². The van der Waals surface area contributed by atoms with Crippen LogP contribution in [-0.4, -0.2) is 51.5 Å². The molecule has 0 aromatic heterocycles. The molecule has 0 bridgehead atoms. The molecule has 1 aromatic rings. The van der Waals surface area contributed by atoms with E-state index < -0.39 is 6.10 Å². The van der Waals surface area contributed by atoms with Gasteiger partial charge in [-0.15, -0.1) is 0 Å². The zero-order valence-corrected chi connectivity index (χ0v) is 11.6. The Morgan fingerprint density at radius 3 is 2.50 bits per heavy atom. The van der Waals surface area contributed by atoms with Gasteiger partial charge in [-0.2, -0.15) is 0 Å². The molecule has 1 saturated carbocycles. The molecule has 1 aliphatic carbocycles. The number of para-hydroxylation sites is 1. The Morgan fingerprint density at radius 2 is 1.80 bits per heavy atom. The van der Waals surface area contributed by atoms with E-state index in [1.807, 2.05) is 30.3 Å². The van der Waals surface area contributed by atoms with Crippen LogP contribution in [0.25, 0.3) is 0 Å². The second-order valence-electron chi connectivity index (χ2n) is 4.53. The zero-order valence-electron chi connectivity index (χ0n) is 11.6. The highest BCUT2D eigenvalue weighted by Crippen LogP contribution is 2.22. The molecule has 1 fully saturated rings. The highest BCUT2D eigenvalue weighted by molar-refractivity contribution is 5.90. The molecular formula is C15H20O5. The second-order valence-corrected chi connectivity index (χ2v) is 4.53. The lowest BCUT2D eigenvalue weighted by molar-refractivity contribution is -0.168. The molecule has 0 aliphatic heterocycles. The number of ether oxygens (including phenoxy) is 4. The van der Waals surface area contributed by atoms with Crippen molar-refractivity contribution in [3.8, 4) is 5.75 Å². The van der Waals surface area contributed by atoms with E-state index in [1.165, 1.54) is 0 Å². The molecule has 0 amide bonds. The maximum Gasteiger partial charge on any atom is 0.166 e. The lowest BCUT2D eigenvalue weighted by Gasteiger charge is -2.34. The molecule has 0 radical (unpaired) electrons. The average molecular weight is 280 g/mol. The predicted molar refractivity (Wildman–Crippen MR) is 72.9 cm³/mol. The van der Waals surface area contributed by atoms with Gasteiger partial charge in [-0.3, -0.25) is 4.79 Å². The fraction of sp³-hybridized carbons (Fsp3) is 0.533. The van der Waals surface area contributed by atoms with Crippen LogP contribution < -0.4 is 4.74 Å². The van der Waals surface area contributed by atoms with Gasteiger partial charge in [-0.25, -0.2) is 0 Å². The Labute approximate surface area is 118 Å². The SMILES string of the molecule is COCCOC1C(=O)CC1OCCOc1ccccc1. The lowest BCUT2D eigenvalue weighted by Crippen LogP contribution is -2.51. The summed E-state index contributed by atoms with van der Waals surface area (Å²) in [6.45, 7) is 1.79. The normalized spacial score (nSPS) is 21.6. The highest BCUT2D eigenvalue weighted by atomic mass is 16.6. The summed E-state index contributed by atoms with van der Waals surface area (Å²) in [5.41, 5.74) is 0. The quantitative estimate of drug-likeness (QED) is 0.641. The molecule has 5 nitrogen and oxygen atoms in total. The lowest BCUT2D eigenvalue weighted by atomic mass is 9.90. The summed E-state index contributed by atoms with van der Waals surface area (Å²) in [6.07, 6.45) is -0.177. The van der Waals surface area contributed by atoms with Crippen molar-refractivity contribution >= 4 is 5.78 Å². The first-order valence-electron chi connectivity index (χ1n) is 6.74. The molecule has 0 saturated heterocycles. The van der Waals surface area contributed by atoms with Crippen molar-refractivity contribution in [2.75, 3.05) is 33.5 Å². The van der Waals surface area contributed by atoms with Crippen LogP contribution in [0.5, 0.6) is 5.75 Å². The van der Waals surface area contributed by atoms with Gasteiger partial charge in [0.1, 0.15) is 18.5 Å². The highest BCUT2D eigenvalue weighted by Gasteiger charge is 2.41. The van der Waals surface area contributed by atoms with Crippen LogP contribution >= 0.6 is 0 Å². The van der Waals surface area contributed by atoms with Gasteiger partial charge < -0.3 is 18.9 Å². The Hall–Kier alpha value is -1.43. The van der Waals surface area contributed by atoms with E-state index in [4.69, 9.17) is 18.9 Å². The number of benzene rings is 1. The average Bonchev–Trinajstić information content (AvgIpc) is 2.48. The van der Waals surface area contributed by atoms with E-state index >= 15 is 0 Å². The summed E-state index contributed by atoms with van der Waals surface area (Å²) in [4.78, 5) is 11.4. The zero-order chi connectivity index (χ0) is 14.2. The first-order chi connectivity index (χ1) is 9.81. The number of hydrogen-bond donors (Lipinski definition) is 0. The maximum atomic E-state index is 11.4. The fourth-order valence-electron chi connectivity index (χ4n) is 1.95. The largest absolute Gasteiger partial charge is 0.491 e. The predicted octanol–water partition coefficient (Wildman–Crippen LogP) is 1.45. The van der Waals surface area contributed by atoms with E-state index in [1.54, 1.807) is 7.11 Å². The molecular weight excluding hydrogens is 260 g/mol. The van der Waals surface area contributed by atoms with Crippen molar-refractivity contribution in [1.82, 2.24) is 0 Å². The monoisotopic (exact) mass is 280 g/mol. The van der Waals surface area contributed by atoms with E-state index in [0.29, 0.717) is 32.8 Å². The number of hydrogen-bond acceptors (Lipinski definition) is 5. The minimum Gasteiger partial charge on any atom is -0.491 e. The number of Topliss-reactive ketones (excluding diaryl/α,β-unsaturated/α-hetero) is 1. The van der Waals surface area contributed by atoms with Gasteiger partial charge in [0, 0.05) is 13.5 Å². The molecule has 5 heteroatoms. The van der Waals surface area contributed by atoms with Gasteiger partial charge in [0.2, 0.25) is 0 Å². The van der Waals surface area contributed by atoms with Gasteiger partial charge in [-0.1, -0.05) is 18.2 Å². The minimum absolute atomic E-state index is 0.0927. The van der Waals surface area contributed by atoms with Gasteiger partial charge in [0.15, 0.2) is 5.78 Å². The molecule has 1 aromatic carbocycles. The third-order valence-corrected chi connectivity index (χ3v) is 3.07. The molecule has 2 rings (SSSR count). The van der Waals surface area contributed by atoms with Crippen LogP contribution in [0, 0.1) is 0 Å². The number of carbonyl (C=O) groups is 1. The maximum absolute atomic E-state index is 11.4. The molecule has 110 valence electrons. The van der Waals surface area contributed by atoms with Crippen LogP contribution in [0.4, 0.5) is 0 Å². The van der Waals surface area contributed by atoms with Crippen LogP contribution in [0.15, 0.2) is 30.3 Å². The summed E-state index contributed by atoms with van der Waals surface area (Å²) in [6, 6.07) is 9.55. The van der Waals surface area contributed by atoms with Crippen LogP contribution in [0.1, 0.15) is 6.42 Å². The Morgan fingerprint density at radius 1 is 1.05 bits per heavy atom. The number of rotatable bonds is 9. The smallest absolute Gasteiger partial charge is 0.166 e.